The molecule has 0 saturated carbocycles. The molecule has 1 fully saturated rings. The van der Waals surface area contributed by atoms with Gasteiger partial charge in [0.05, 0.1) is 15.6 Å². The second kappa shape index (κ2) is 5.60. The maximum absolute atomic E-state index is 10.7. The van der Waals surface area contributed by atoms with Crippen LogP contribution in [0.3, 0.4) is 0 Å². The molecule has 1 aromatic carbocycles. The first-order valence-electron chi connectivity index (χ1n) is 5.42. The Bertz CT molecular complexity index is 422. The lowest BCUT2D eigenvalue weighted by Gasteiger charge is -2.12. The number of thioether (sulfide) groups is 1. The van der Waals surface area contributed by atoms with Gasteiger partial charge in [-0.3, -0.25) is 10.1 Å². The van der Waals surface area contributed by atoms with Crippen molar-refractivity contribution in [3.8, 4) is 0 Å². The van der Waals surface area contributed by atoms with E-state index >= 15 is 0 Å². The number of nitro benzene ring substituents is 1. The molecule has 92 valence electrons. The van der Waals surface area contributed by atoms with Crippen molar-refractivity contribution in [2.75, 3.05) is 23.4 Å². The van der Waals surface area contributed by atoms with Gasteiger partial charge < -0.3 is 5.32 Å². The Balaban J connectivity index is 2.03. The number of nitrogens with one attached hydrogen (secondary N) is 1. The Labute approximate surface area is 109 Å². The van der Waals surface area contributed by atoms with Crippen LogP contribution < -0.4 is 5.32 Å². The minimum absolute atomic E-state index is 0.0673. The van der Waals surface area contributed by atoms with E-state index in [4.69, 9.17) is 11.6 Å². The number of rotatable bonds is 4. The normalized spacial score (nSPS) is 19.2. The Morgan fingerprint density at radius 1 is 1.59 bits per heavy atom. The quantitative estimate of drug-likeness (QED) is 0.674. The smallest absolute Gasteiger partial charge is 0.271 e. The van der Waals surface area contributed by atoms with Crippen LogP contribution in [0.2, 0.25) is 5.02 Å². The predicted octanol–water partition coefficient (Wildman–Crippen LogP) is 3.41. The standard InChI is InChI=1S/C11H13ClN2O2S/c12-10-2-1-9(14(15)16)5-11(10)13-6-8-3-4-17-7-8/h1-2,5,8,13H,3-4,6-7H2. The topological polar surface area (TPSA) is 55.2 Å². The van der Waals surface area contributed by atoms with Crippen LogP contribution >= 0.6 is 23.4 Å². The van der Waals surface area contributed by atoms with Gasteiger partial charge in [0.25, 0.3) is 5.69 Å². The predicted molar refractivity (Wildman–Crippen MR) is 72.0 cm³/mol. The van der Waals surface area contributed by atoms with Crippen molar-refractivity contribution in [2.45, 2.75) is 6.42 Å². The van der Waals surface area contributed by atoms with E-state index in [9.17, 15) is 10.1 Å². The molecule has 0 aliphatic carbocycles. The highest BCUT2D eigenvalue weighted by atomic mass is 35.5. The van der Waals surface area contributed by atoms with E-state index in [2.05, 4.69) is 5.32 Å². The van der Waals surface area contributed by atoms with E-state index < -0.39 is 4.92 Å². The molecule has 4 nitrogen and oxygen atoms in total. The molecule has 1 unspecified atom stereocenters. The zero-order chi connectivity index (χ0) is 12.3. The van der Waals surface area contributed by atoms with Gasteiger partial charge >= 0.3 is 0 Å². The summed E-state index contributed by atoms with van der Waals surface area (Å²) in [6, 6.07) is 4.47. The first-order chi connectivity index (χ1) is 8.16. The second-order valence-corrected chi connectivity index (χ2v) is 5.59. The maximum atomic E-state index is 10.7. The molecule has 1 atom stereocenters. The molecule has 17 heavy (non-hydrogen) atoms. The summed E-state index contributed by atoms with van der Waals surface area (Å²) in [6.45, 7) is 0.827. The number of benzene rings is 1. The van der Waals surface area contributed by atoms with Gasteiger partial charge in [0.1, 0.15) is 0 Å². The Hall–Kier alpha value is -0.940. The van der Waals surface area contributed by atoms with Crippen LogP contribution in [-0.4, -0.2) is 23.0 Å². The van der Waals surface area contributed by atoms with Gasteiger partial charge in [-0.25, -0.2) is 0 Å². The third-order valence-electron chi connectivity index (χ3n) is 2.77. The molecule has 1 aromatic rings. The van der Waals surface area contributed by atoms with Gasteiger partial charge in [0.15, 0.2) is 0 Å². The molecule has 1 heterocycles. The fourth-order valence-corrected chi connectivity index (χ4v) is 3.23. The summed E-state index contributed by atoms with van der Waals surface area (Å²) < 4.78 is 0. The molecule has 1 saturated heterocycles. The lowest BCUT2D eigenvalue weighted by molar-refractivity contribution is -0.384. The number of nitro groups is 1. The maximum Gasteiger partial charge on any atom is 0.271 e. The summed E-state index contributed by atoms with van der Waals surface area (Å²) in [5, 5.41) is 14.4. The molecule has 0 spiro atoms. The van der Waals surface area contributed by atoms with E-state index in [1.807, 2.05) is 11.8 Å². The number of nitrogens with zero attached hydrogens (tertiary/aromatic N) is 1. The highest BCUT2D eigenvalue weighted by molar-refractivity contribution is 7.99. The van der Waals surface area contributed by atoms with E-state index in [1.54, 1.807) is 6.07 Å². The van der Waals surface area contributed by atoms with Crippen molar-refractivity contribution in [1.29, 1.82) is 0 Å². The number of hydrogen-bond acceptors (Lipinski definition) is 4. The Morgan fingerprint density at radius 3 is 3.06 bits per heavy atom. The van der Waals surface area contributed by atoms with E-state index in [0.717, 1.165) is 12.3 Å². The van der Waals surface area contributed by atoms with Crippen LogP contribution in [0.1, 0.15) is 6.42 Å². The van der Waals surface area contributed by atoms with Crippen molar-refractivity contribution in [3.63, 3.8) is 0 Å². The van der Waals surface area contributed by atoms with Gasteiger partial charge in [0.2, 0.25) is 0 Å². The van der Waals surface area contributed by atoms with Crippen molar-refractivity contribution in [3.05, 3.63) is 33.3 Å². The van der Waals surface area contributed by atoms with Crippen LogP contribution in [0, 0.1) is 16.0 Å². The van der Waals surface area contributed by atoms with Crippen LogP contribution in [0.15, 0.2) is 18.2 Å². The largest absolute Gasteiger partial charge is 0.383 e. The van der Waals surface area contributed by atoms with Gasteiger partial charge in [-0.2, -0.15) is 11.8 Å². The van der Waals surface area contributed by atoms with E-state index in [-0.39, 0.29) is 5.69 Å². The molecule has 1 aliphatic rings. The van der Waals surface area contributed by atoms with E-state index in [0.29, 0.717) is 16.6 Å². The number of halogens is 1. The van der Waals surface area contributed by atoms with Crippen LogP contribution in [0.25, 0.3) is 0 Å². The third-order valence-corrected chi connectivity index (χ3v) is 4.33. The van der Waals surface area contributed by atoms with Crippen molar-refractivity contribution in [1.82, 2.24) is 0 Å². The zero-order valence-corrected chi connectivity index (χ0v) is 10.8. The minimum Gasteiger partial charge on any atom is -0.383 e. The van der Waals surface area contributed by atoms with E-state index in [1.165, 1.54) is 24.3 Å². The average Bonchev–Trinajstić information content (AvgIpc) is 2.80. The Kier molecular flexibility index (Phi) is 4.12. The highest BCUT2D eigenvalue weighted by Crippen LogP contribution is 2.28. The lowest BCUT2D eigenvalue weighted by Crippen LogP contribution is -2.13. The summed E-state index contributed by atoms with van der Waals surface area (Å²) in [4.78, 5) is 10.2. The number of non-ortho nitro benzene ring substituents is 1. The molecule has 0 amide bonds. The van der Waals surface area contributed by atoms with Gasteiger partial charge in [-0.1, -0.05) is 11.6 Å². The van der Waals surface area contributed by atoms with Gasteiger partial charge in [-0.05, 0) is 29.9 Å². The molecular formula is C11H13ClN2O2S. The first kappa shape index (κ1) is 12.5. The molecule has 0 aromatic heterocycles. The number of hydrogen-bond donors (Lipinski definition) is 1. The molecule has 1 aliphatic heterocycles. The minimum atomic E-state index is -0.410. The fraction of sp³-hybridized carbons (Fsp3) is 0.455. The zero-order valence-electron chi connectivity index (χ0n) is 9.19. The average molecular weight is 273 g/mol. The summed E-state index contributed by atoms with van der Waals surface area (Å²) in [5.41, 5.74) is 0.718. The molecule has 2 rings (SSSR count). The van der Waals surface area contributed by atoms with Gasteiger partial charge in [0, 0.05) is 18.7 Å². The van der Waals surface area contributed by atoms with Crippen LogP contribution in [0.5, 0.6) is 0 Å². The fourth-order valence-electron chi connectivity index (χ4n) is 1.76. The SMILES string of the molecule is O=[N+]([O-])c1ccc(Cl)c(NCC2CCSC2)c1. The van der Waals surface area contributed by atoms with Gasteiger partial charge in [-0.15, -0.1) is 0 Å². The van der Waals surface area contributed by atoms with Crippen molar-refractivity contribution in [2.24, 2.45) is 5.92 Å². The lowest BCUT2D eigenvalue weighted by atomic mass is 10.1. The summed E-state index contributed by atoms with van der Waals surface area (Å²) in [5.74, 6) is 2.99. The second-order valence-electron chi connectivity index (χ2n) is 4.03. The monoisotopic (exact) mass is 272 g/mol. The third kappa shape index (κ3) is 3.26. The van der Waals surface area contributed by atoms with Crippen molar-refractivity contribution < 1.29 is 4.92 Å². The molecular weight excluding hydrogens is 260 g/mol. The summed E-state index contributed by atoms with van der Waals surface area (Å²) >= 11 is 7.94. The Morgan fingerprint density at radius 2 is 2.41 bits per heavy atom. The first-order valence-corrected chi connectivity index (χ1v) is 6.95. The summed E-state index contributed by atoms with van der Waals surface area (Å²) in [7, 11) is 0. The highest BCUT2D eigenvalue weighted by Gasteiger charge is 2.16. The molecule has 0 radical (unpaired) electrons. The molecule has 0 bridgehead atoms. The molecule has 6 heteroatoms. The van der Waals surface area contributed by atoms with Crippen LogP contribution in [0.4, 0.5) is 11.4 Å². The summed E-state index contributed by atoms with van der Waals surface area (Å²) in [6.07, 6.45) is 1.20. The molecule has 1 N–H and O–H groups in total. The van der Waals surface area contributed by atoms with Crippen LogP contribution in [-0.2, 0) is 0 Å². The number of anilines is 1. The van der Waals surface area contributed by atoms with Crippen molar-refractivity contribution >= 4 is 34.7 Å².